The molecule has 7 nitrogen and oxygen atoms in total. The Bertz CT molecular complexity index is 1550. The molecule has 1 atom stereocenters. The molecule has 0 spiro atoms. The number of carbonyl (C=O) groups is 2. The molecule has 1 aliphatic rings. The second kappa shape index (κ2) is 13.5. The van der Waals surface area contributed by atoms with Gasteiger partial charge in [0.1, 0.15) is 12.6 Å². The van der Waals surface area contributed by atoms with E-state index in [4.69, 9.17) is 23.2 Å². The lowest BCUT2D eigenvalue weighted by molar-refractivity contribution is -0.139. The van der Waals surface area contributed by atoms with Crippen LogP contribution in [0.3, 0.4) is 0 Å². The van der Waals surface area contributed by atoms with Crippen molar-refractivity contribution < 1.29 is 18.0 Å². The van der Waals surface area contributed by atoms with Crippen LogP contribution in [0.15, 0.2) is 65.6 Å². The SMILES string of the molecule is Cc1ccc(S(=O)(=O)N(CC(=O)N(Cc2ccc(Cl)cc2Cl)[C@H](C)C(=O)NC2CCCC2)c2cccc(C)c2C)cc1. The third-order valence-electron chi connectivity index (χ3n) is 7.96. The van der Waals surface area contributed by atoms with Crippen molar-refractivity contribution in [2.24, 2.45) is 0 Å². The number of carbonyl (C=O) groups excluding carboxylic acids is 2. The van der Waals surface area contributed by atoms with E-state index in [1.165, 1.54) is 17.0 Å². The van der Waals surface area contributed by atoms with Gasteiger partial charge in [-0.2, -0.15) is 0 Å². The van der Waals surface area contributed by atoms with E-state index < -0.39 is 28.5 Å². The smallest absolute Gasteiger partial charge is 0.264 e. The lowest BCUT2D eigenvalue weighted by Gasteiger charge is -2.33. The number of nitrogens with zero attached hydrogens (tertiary/aromatic N) is 2. The van der Waals surface area contributed by atoms with Crippen molar-refractivity contribution in [3.05, 3.63) is 93.0 Å². The summed E-state index contributed by atoms with van der Waals surface area (Å²) in [6, 6.07) is 16.0. The molecular formula is C32H37Cl2N3O4S. The van der Waals surface area contributed by atoms with Gasteiger partial charge >= 0.3 is 0 Å². The third kappa shape index (κ3) is 7.28. The van der Waals surface area contributed by atoms with Crippen LogP contribution in [-0.4, -0.2) is 43.8 Å². The molecule has 0 unspecified atom stereocenters. The number of anilines is 1. The number of sulfonamides is 1. The van der Waals surface area contributed by atoms with Crippen molar-refractivity contribution in [1.82, 2.24) is 10.2 Å². The minimum Gasteiger partial charge on any atom is -0.352 e. The summed E-state index contributed by atoms with van der Waals surface area (Å²) in [5.41, 5.74) is 3.53. The van der Waals surface area contributed by atoms with Gasteiger partial charge in [0.15, 0.2) is 0 Å². The van der Waals surface area contributed by atoms with E-state index in [-0.39, 0.29) is 23.4 Å². The van der Waals surface area contributed by atoms with Crippen molar-refractivity contribution in [3.8, 4) is 0 Å². The molecule has 0 heterocycles. The molecule has 3 aromatic rings. The fraction of sp³-hybridized carbons (Fsp3) is 0.375. The maximum absolute atomic E-state index is 14.2. The zero-order chi connectivity index (χ0) is 30.6. The molecule has 1 saturated carbocycles. The fourth-order valence-corrected chi connectivity index (χ4v) is 7.10. The molecule has 0 aromatic heterocycles. The molecule has 0 saturated heterocycles. The lowest BCUT2D eigenvalue weighted by Crippen LogP contribution is -2.52. The molecule has 4 rings (SSSR count). The van der Waals surface area contributed by atoms with Crippen molar-refractivity contribution in [1.29, 1.82) is 0 Å². The standard InChI is InChI=1S/C32H37Cl2N3O4S/c1-21-12-16-28(17-13-21)42(40,41)37(30-11-7-8-22(2)23(30)3)20-31(38)36(19-25-14-15-26(33)18-29(25)34)24(4)32(39)35-27-9-5-6-10-27/h7-8,11-18,24,27H,5-6,9-10,19-20H2,1-4H3,(H,35,39)/t24-/m1/s1. The number of aryl methyl sites for hydroxylation is 2. The lowest BCUT2D eigenvalue weighted by atomic mass is 10.1. The van der Waals surface area contributed by atoms with Crippen LogP contribution in [0.2, 0.25) is 10.0 Å². The zero-order valence-electron chi connectivity index (χ0n) is 24.4. The Morgan fingerprint density at radius 2 is 1.64 bits per heavy atom. The number of nitrogens with one attached hydrogen (secondary N) is 1. The van der Waals surface area contributed by atoms with E-state index in [1.807, 2.05) is 26.8 Å². The van der Waals surface area contributed by atoms with Gasteiger partial charge in [-0.25, -0.2) is 8.42 Å². The van der Waals surface area contributed by atoms with E-state index in [9.17, 15) is 18.0 Å². The third-order valence-corrected chi connectivity index (χ3v) is 10.3. The highest BCUT2D eigenvalue weighted by Crippen LogP contribution is 2.30. The normalized spacial score (nSPS) is 14.4. The average Bonchev–Trinajstić information content (AvgIpc) is 3.46. The molecule has 3 aromatic carbocycles. The van der Waals surface area contributed by atoms with Crippen molar-refractivity contribution in [3.63, 3.8) is 0 Å². The predicted octanol–water partition coefficient (Wildman–Crippen LogP) is 6.59. The minimum atomic E-state index is -4.15. The van der Waals surface area contributed by atoms with E-state index in [0.29, 0.717) is 21.3 Å². The number of amides is 2. The fourth-order valence-electron chi connectivity index (χ4n) is 5.16. The predicted molar refractivity (Wildman–Crippen MR) is 168 cm³/mol. The molecular weight excluding hydrogens is 593 g/mol. The summed E-state index contributed by atoms with van der Waals surface area (Å²) in [6.45, 7) is 6.74. The van der Waals surface area contributed by atoms with Crippen LogP contribution >= 0.6 is 23.2 Å². The summed E-state index contributed by atoms with van der Waals surface area (Å²) >= 11 is 12.6. The summed E-state index contributed by atoms with van der Waals surface area (Å²) < 4.78 is 29.3. The largest absolute Gasteiger partial charge is 0.352 e. The molecule has 10 heteroatoms. The first-order valence-electron chi connectivity index (χ1n) is 14.1. The van der Waals surface area contributed by atoms with Crippen LogP contribution in [0.4, 0.5) is 5.69 Å². The molecule has 1 fully saturated rings. The van der Waals surface area contributed by atoms with Crippen LogP contribution < -0.4 is 9.62 Å². The van der Waals surface area contributed by atoms with Gasteiger partial charge in [-0.05, 0) is 87.6 Å². The van der Waals surface area contributed by atoms with Crippen LogP contribution in [-0.2, 0) is 26.2 Å². The van der Waals surface area contributed by atoms with E-state index >= 15 is 0 Å². The van der Waals surface area contributed by atoms with Gasteiger partial charge < -0.3 is 10.2 Å². The molecule has 0 bridgehead atoms. The highest BCUT2D eigenvalue weighted by atomic mass is 35.5. The topological polar surface area (TPSA) is 86.8 Å². The highest BCUT2D eigenvalue weighted by Gasteiger charge is 2.34. The number of benzene rings is 3. The highest BCUT2D eigenvalue weighted by molar-refractivity contribution is 7.92. The first-order valence-corrected chi connectivity index (χ1v) is 16.3. The van der Waals surface area contributed by atoms with E-state index in [1.54, 1.807) is 49.4 Å². The average molecular weight is 631 g/mol. The maximum Gasteiger partial charge on any atom is 0.264 e. The molecule has 0 aliphatic heterocycles. The van der Waals surface area contributed by atoms with Gasteiger partial charge in [0.2, 0.25) is 11.8 Å². The van der Waals surface area contributed by atoms with Crippen molar-refractivity contribution in [2.75, 3.05) is 10.8 Å². The Labute approximate surface area is 258 Å². The molecule has 1 aliphatic carbocycles. The summed E-state index contributed by atoms with van der Waals surface area (Å²) in [5.74, 6) is -0.827. The molecule has 2 amide bonds. The molecule has 1 N–H and O–H groups in total. The van der Waals surface area contributed by atoms with Gasteiger partial charge in [-0.15, -0.1) is 0 Å². The maximum atomic E-state index is 14.2. The van der Waals surface area contributed by atoms with Crippen LogP contribution in [0.5, 0.6) is 0 Å². The van der Waals surface area contributed by atoms with E-state index in [0.717, 1.165) is 46.7 Å². The second-order valence-corrected chi connectivity index (χ2v) is 13.7. The summed E-state index contributed by atoms with van der Waals surface area (Å²) in [5, 5.41) is 3.86. The quantitative estimate of drug-likeness (QED) is 0.274. The number of hydrogen-bond acceptors (Lipinski definition) is 4. The van der Waals surface area contributed by atoms with Gasteiger partial charge in [0.25, 0.3) is 10.0 Å². The van der Waals surface area contributed by atoms with Gasteiger partial charge in [0.05, 0.1) is 10.6 Å². The first kappa shape index (κ1) is 31.9. The monoisotopic (exact) mass is 629 g/mol. The number of hydrogen-bond donors (Lipinski definition) is 1. The van der Waals surface area contributed by atoms with Gasteiger partial charge in [0, 0.05) is 22.6 Å². The van der Waals surface area contributed by atoms with Crippen LogP contribution in [0, 0.1) is 20.8 Å². The Hall–Kier alpha value is -3.07. The van der Waals surface area contributed by atoms with Crippen LogP contribution in [0.25, 0.3) is 0 Å². The molecule has 224 valence electrons. The summed E-state index contributed by atoms with van der Waals surface area (Å²) in [6.07, 6.45) is 3.88. The Balaban J connectivity index is 1.74. The summed E-state index contributed by atoms with van der Waals surface area (Å²) in [4.78, 5) is 29.0. The van der Waals surface area contributed by atoms with E-state index in [2.05, 4.69) is 5.32 Å². The number of halogens is 2. The van der Waals surface area contributed by atoms with Gasteiger partial charge in [-0.3, -0.25) is 13.9 Å². The zero-order valence-corrected chi connectivity index (χ0v) is 26.7. The molecule has 42 heavy (non-hydrogen) atoms. The van der Waals surface area contributed by atoms with Crippen molar-refractivity contribution >= 4 is 50.7 Å². The van der Waals surface area contributed by atoms with Crippen LogP contribution in [0.1, 0.15) is 54.9 Å². The Morgan fingerprint density at radius 3 is 2.29 bits per heavy atom. The minimum absolute atomic E-state index is 0.000687. The summed E-state index contributed by atoms with van der Waals surface area (Å²) in [7, 11) is -4.15. The number of rotatable bonds is 10. The Kier molecular flexibility index (Phi) is 10.2. The molecule has 0 radical (unpaired) electrons. The second-order valence-electron chi connectivity index (χ2n) is 11.0. The first-order chi connectivity index (χ1) is 19.9. The Morgan fingerprint density at radius 1 is 0.976 bits per heavy atom. The van der Waals surface area contributed by atoms with Crippen molar-refractivity contribution in [2.45, 2.75) is 76.9 Å². The van der Waals surface area contributed by atoms with Gasteiger partial charge in [-0.1, -0.05) is 71.9 Å².